The number of fused-ring (bicyclic) bond motifs is 1. The van der Waals surface area contributed by atoms with Crippen LogP contribution in [0, 0.1) is 0 Å². The van der Waals surface area contributed by atoms with Gasteiger partial charge in [-0.2, -0.15) is 4.31 Å². The quantitative estimate of drug-likeness (QED) is 0.272. The van der Waals surface area contributed by atoms with E-state index in [-0.39, 0.29) is 40.8 Å². The molecule has 1 aliphatic rings. The molecule has 0 aliphatic carbocycles. The van der Waals surface area contributed by atoms with E-state index in [1.807, 2.05) is 12.1 Å². The molecule has 0 saturated carbocycles. The monoisotopic (exact) mass is 620 g/mol. The smallest absolute Gasteiger partial charge is 0.252 e. The van der Waals surface area contributed by atoms with Crippen LogP contribution in [0.15, 0.2) is 101 Å². The van der Waals surface area contributed by atoms with Gasteiger partial charge in [-0.3, -0.25) is 14.4 Å². The van der Waals surface area contributed by atoms with Gasteiger partial charge in [0.05, 0.1) is 21.9 Å². The van der Waals surface area contributed by atoms with Crippen LogP contribution >= 0.6 is 0 Å². The van der Waals surface area contributed by atoms with Gasteiger partial charge in [0.1, 0.15) is 6.04 Å². The topological polar surface area (TPSA) is 164 Å². The van der Waals surface area contributed by atoms with E-state index in [2.05, 4.69) is 5.32 Å². The lowest BCUT2D eigenvalue weighted by Crippen LogP contribution is -2.46. The molecule has 43 heavy (non-hydrogen) atoms. The summed E-state index contributed by atoms with van der Waals surface area (Å²) in [6, 6.07) is 22.4. The number of nitrogens with zero attached hydrogens (tertiary/aromatic N) is 2. The Kier molecular flexibility index (Phi) is 8.16. The minimum atomic E-state index is -4.29. The fraction of sp³-hybridized carbons (Fsp3) is 0.167. The summed E-state index contributed by atoms with van der Waals surface area (Å²) in [6.07, 6.45) is -0.245. The summed E-state index contributed by atoms with van der Waals surface area (Å²) in [4.78, 5) is 39.1. The zero-order chi connectivity index (χ0) is 30.9. The molecule has 1 atom stereocenters. The van der Waals surface area contributed by atoms with Crippen LogP contribution in [0.3, 0.4) is 0 Å². The van der Waals surface area contributed by atoms with Gasteiger partial charge in [0.25, 0.3) is 5.91 Å². The van der Waals surface area contributed by atoms with Crippen molar-refractivity contribution in [2.75, 3.05) is 16.8 Å². The maximum Gasteiger partial charge on any atom is 0.252 e. The third-order valence-corrected chi connectivity index (χ3v) is 9.95. The van der Waals surface area contributed by atoms with E-state index in [4.69, 9.17) is 5.14 Å². The number of nitrogens with two attached hydrogens (primary N) is 1. The molecule has 0 radical (unpaired) electrons. The van der Waals surface area contributed by atoms with E-state index in [0.717, 1.165) is 14.6 Å². The molecule has 0 bridgehead atoms. The van der Waals surface area contributed by atoms with Crippen molar-refractivity contribution in [1.29, 1.82) is 0 Å². The molecule has 4 aromatic carbocycles. The molecule has 3 amide bonds. The van der Waals surface area contributed by atoms with Gasteiger partial charge >= 0.3 is 0 Å². The third-order valence-electron chi connectivity index (χ3n) is 7.12. The van der Waals surface area contributed by atoms with Crippen molar-refractivity contribution in [2.24, 2.45) is 5.14 Å². The summed E-state index contributed by atoms with van der Waals surface area (Å²) < 4.78 is 52.6. The van der Waals surface area contributed by atoms with Crippen LogP contribution in [0.25, 0.3) is 10.8 Å². The average molecular weight is 621 g/mol. The number of anilines is 2. The summed E-state index contributed by atoms with van der Waals surface area (Å²) in [6.45, 7) is 1.19. The zero-order valence-electron chi connectivity index (χ0n) is 23.0. The summed E-state index contributed by atoms with van der Waals surface area (Å²) in [5.74, 6) is -1.56. The number of benzene rings is 4. The van der Waals surface area contributed by atoms with Crippen molar-refractivity contribution in [1.82, 2.24) is 4.31 Å². The first-order valence-electron chi connectivity index (χ1n) is 13.2. The molecule has 5 rings (SSSR count). The normalized spacial score (nSPS) is 15.8. The first-order chi connectivity index (χ1) is 20.3. The molecule has 222 valence electrons. The molecule has 4 aromatic rings. The number of amides is 3. The fourth-order valence-electron chi connectivity index (χ4n) is 5.00. The molecule has 0 aromatic heterocycles. The maximum atomic E-state index is 14.1. The highest BCUT2D eigenvalue weighted by molar-refractivity contribution is 7.89. The van der Waals surface area contributed by atoms with Crippen molar-refractivity contribution < 1.29 is 31.2 Å². The molecule has 1 unspecified atom stereocenters. The second kappa shape index (κ2) is 11.7. The zero-order valence-corrected chi connectivity index (χ0v) is 24.6. The molecule has 11 nitrogen and oxygen atoms in total. The Morgan fingerprint density at radius 3 is 2.14 bits per heavy atom. The van der Waals surface area contributed by atoms with Crippen LogP contribution in [-0.4, -0.2) is 51.4 Å². The number of nitrogens with one attached hydrogen (secondary N) is 1. The Hall–Kier alpha value is -4.43. The molecule has 1 heterocycles. The van der Waals surface area contributed by atoms with Crippen molar-refractivity contribution in [2.45, 2.75) is 35.6 Å². The van der Waals surface area contributed by atoms with Gasteiger partial charge < -0.3 is 5.32 Å². The van der Waals surface area contributed by atoms with E-state index in [9.17, 15) is 31.2 Å². The third kappa shape index (κ3) is 6.34. The van der Waals surface area contributed by atoms with Crippen molar-refractivity contribution in [3.63, 3.8) is 0 Å². The minimum absolute atomic E-state index is 0.0332. The van der Waals surface area contributed by atoms with Crippen LogP contribution in [-0.2, 0) is 40.9 Å². The van der Waals surface area contributed by atoms with Gasteiger partial charge in [0.15, 0.2) is 0 Å². The van der Waals surface area contributed by atoms with Crippen LogP contribution in [0.4, 0.5) is 11.4 Å². The highest BCUT2D eigenvalue weighted by Crippen LogP contribution is 2.31. The molecular weight excluding hydrogens is 592 g/mol. The molecule has 13 heteroatoms. The van der Waals surface area contributed by atoms with Gasteiger partial charge in [-0.1, -0.05) is 42.5 Å². The molecule has 0 spiro atoms. The van der Waals surface area contributed by atoms with Crippen LogP contribution in [0.5, 0.6) is 0 Å². The van der Waals surface area contributed by atoms with E-state index >= 15 is 0 Å². The minimum Gasteiger partial charge on any atom is -0.326 e. The number of hydrogen-bond acceptors (Lipinski definition) is 7. The second-order valence-electron chi connectivity index (χ2n) is 10.1. The Morgan fingerprint density at radius 1 is 0.884 bits per heavy atom. The van der Waals surface area contributed by atoms with Crippen molar-refractivity contribution in [3.8, 4) is 0 Å². The highest BCUT2D eigenvalue weighted by Gasteiger charge is 2.46. The number of carbonyl (C=O) groups excluding carboxylic acids is 3. The molecule has 1 fully saturated rings. The number of rotatable bonds is 9. The molecular formula is C30H28N4O7S2. The number of carbonyl (C=O) groups is 3. The SMILES string of the molecule is CC(=O)Nc1ccc(N2C(=O)CC(N(CCc3ccc(S(N)(=O)=O)cc3)S(=O)(=O)c3ccc4ccccc4c3)C2=O)cc1. The lowest BCUT2D eigenvalue weighted by molar-refractivity contribution is -0.122. The van der Waals surface area contributed by atoms with Gasteiger partial charge in [-0.15, -0.1) is 0 Å². The lowest BCUT2D eigenvalue weighted by atomic mass is 10.1. The fourth-order valence-corrected chi connectivity index (χ4v) is 7.13. The molecule has 1 saturated heterocycles. The van der Waals surface area contributed by atoms with Gasteiger partial charge in [-0.25, -0.2) is 26.9 Å². The summed E-state index contributed by atoms with van der Waals surface area (Å²) in [5.41, 5.74) is 1.32. The van der Waals surface area contributed by atoms with Crippen LogP contribution < -0.4 is 15.4 Å². The van der Waals surface area contributed by atoms with E-state index < -0.39 is 37.9 Å². The first kappa shape index (κ1) is 30.0. The van der Waals surface area contributed by atoms with Crippen LogP contribution in [0.2, 0.25) is 0 Å². The lowest BCUT2D eigenvalue weighted by Gasteiger charge is -2.27. The Labute approximate surface area is 249 Å². The largest absolute Gasteiger partial charge is 0.326 e. The molecule has 1 aliphatic heterocycles. The predicted octanol–water partition coefficient (Wildman–Crippen LogP) is 3.01. The maximum absolute atomic E-state index is 14.1. The summed E-state index contributed by atoms with van der Waals surface area (Å²) in [5, 5.41) is 9.32. The average Bonchev–Trinajstić information content (AvgIpc) is 3.25. The van der Waals surface area contributed by atoms with E-state index in [1.54, 1.807) is 30.3 Å². The summed E-state index contributed by atoms with van der Waals surface area (Å²) >= 11 is 0. The summed E-state index contributed by atoms with van der Waals surface area (Å²) in [7, 11) is -8.20. The van der Waals surface area contributed by atoms with Crippen molar-refractivity contribution >= 4 is 59.9 Å². The van der Waals surface area contributed by atoms with Gasteiger partial charge in [0.2, 0.25) is 31.9 Å². The van der Waals surface area contributed by atoms with Crippen molar-refractivity contribution in [3.05, 3.63) is 96.6 Å². The van der Waals surface area contributed by atoms with Crippen LogP contribution in [0.1, 0.15) is 18.9 Å². The van der Waals surface area contributed by atoms with E-state index in [0.29, 0.717) is 16.6 Å². The Morgan fingerprint density at radius 2 is 1.51 bits per heavy atom. The van der Waals surface area contributed by atoms with Gasteiger partial charge in [-0.05, 0) is 71.3 Å². The van der Waals surface area contributed by atoms with Gasteiger partial charge in [0, 0.05) is 19.2 Å². The standard InChI is InChI=1S/C30H28N4O7S2/c1-20(35)32-24-9-11-25(12-10-24)34-29(36)19-28(30(34)37)33(17-16-21-6-13-26(14-7-21)42(31,38)39)43(40,41)27-15-8-22-4-2-3-5-23(22)18-27/h2-15,18,28H,16-17,19H2,1H3,(H,32,35)(H2,31,38,39). The first-order valence-corrected chi connectivity index (χ1v) is 16.2. The van der Waals surface area contributed by atoms with E-state index in [1.165, 1.54) is 55.5 Å². The molecule has 3 N–H and O–H groups in total. The second-order valence-corrected chi connectivity index (χ2v) is 13.5. The number of imide groups is 1. The Balaban J connectivity index is 1.49. The Bertz CT molecular complexity index is 1940. The number of sulfonamides is 2. The number of hydrogen-bond donors (Lipinski definition) is 2. The highest BCUT2D eigenvalue weighted by atomic mass is 32.2. The predicted molar refractivity (Wildman–Crippen MR) is 161 cm³/mol. The number of primary sulfonamides is 1.